The van der Waals surface area contributed by atoms with E-state index in [4.69, 9.17) is 4.74 Å². The van der Waals surface area contributed by atoms with E-state index in [0.29, 0.717) is 5.41 Å². The lowest BCUT2D eigenvalue weighted by molar-refractivity contribution is -0.113. The van der Waals surface area contributed by atoms with Crippen LogP contribution in [-0.4, -0.2) is 19.8 Å². The van der Waals surface area contributed by atoms with Crippen LogP contribution in [0.15, 0.2) is 0 Å². The molecule has 0 aliphatic carbocycles. The summed E-state index contributed by atoms with van der Waals surface area (Å²) in [6, 6.07) is 3.02. The van der Waals surface area contributed by atoms with Crippen molar-refractivity contribution in [2.24, 2.45) is 5.41 Å². The predicted octanol–water partition coefficient (Wildman–Crippen LogP) is 1.13. The molecular weight excluding hydrogens is 114 g/mol. The highest BCUT2D eigenvalue weighted by Crippen LogP contribution is 2.36. The fraction of sp³-hybridized carbons (Fsp3) is 0.857. The SMILES string of the molecule is C1#[N+]CCC2(C1)COC2. The lowest BCUT2D eigenvalue weighted by Gasteiger charge is -2.38. The molecule has 0 radical (unpaired) electrons. The second kappa shape index (κ2) is 1.71. The number of hydrogen-bond acceptors (Lipinski definition) is 1. The Morgan fingerprint density at radius 2 is 2.33 bits per heavy atom. The van der Waals surface area contributed by atoms with Crippen LogP contribution >= 0.6 is 0 Å². The molecule has 48 valence electrons. The van der Waals surface area contributed by atoms with Crippen LogP contribution in [0.25, 0.3) is 4.85 Å². The minimum atomic E-state index is 0.474. The molecule has 2 aliphatic heterocycles. The highest BCUT2D eigenvalue weighted by atomic mass is 16.5. The first-order chi connectivity index (χ1) is 4.41. The van der Waals surface area contributed by atoms with Gasteiger partial charge >= 0.3 is 0 Å². The molecule has 0 saturated carbocycles. The summed E-state index contributed by atoms with van der Waals surface area (Å²) in [7, 11) is 0. The van der Waals surface area contributed by atoms with Crippen molar-refractivity contribution in [1.82, 2.24) is 0 Å². The smallest absolute Gasteiger partial charge is 0.273 e. The highest BCUT2D eigenvalue weighted by Gasteiger charge is 2.42. The summed E-state index contributed by atoms with van der Waals surface area (Å²) in [4.78, 5) is 4.05. The second-order valence-electron chi connectivity index (χ2n) is 2.96. The van der Waals surface area contributed by atoms with E-state index in [2.05, 4.69) is 10.9 Å². The van der Waals surface area contributed by atoms with Gasteiger partial charge in [0.1, 0.15) is 0 Å². The molecule has 0 N–H and O–H groups in total. The third-order valence-corrected chi connectivity index (χ3v) is 2.14. The van der Waals surface area contributed by atoms with Gasteiger partial charge in [-0.25, -0.2) is 0 Å². The molecule has 0 bridgehead atoms. The van der Waals surface area contributed by atoms with Gasteiger partial charge in [0.05, 0.1) is 19.6 Å². The minimum Gasteiger partial charge on any atom is -0.380 e. The molecule has 0 aromatic rings. The van der Waals surface area contributed by atoms with E-state index in [-0.39, 0.29) is 0 Å². The minimum absolute atomic E-state index is 0.474. The maximum Gasteiger partial charge on any atom is 0.273 e. The van der Waals surface area contributed by atoms with Gasteiger partial charge in [-0.1, -0.05) is 4.85 Å². The summed E-state index contributed by atoms with van der Waals surface area (Å²) in [6.07, 6.45) is 2.23. The molecule has 1 spiro atoms. The summed E-state index contributed by atoms with van der Waals surface area (Å²) in [6.45, 7) is 2.84. The summed E-state index contributed by atoms with van der Waals surface area (Å²) in [5.74, 6) is 0. The Kier molecular flexibility index (Phi) is 1.000. The van der Waals surface area contributed by atoms with Gasteiger partial charge in [0.2, 0.25) is 0 Å². The highest BCUT2D eigenvalue weighted by molar-refractivity contribution is 5.04. The van der Waals surface area contributed by atoms with Crippen LogP contribution in [-0.2, 0) is 4.74 Å². The number of ether oxygens (including phenoxy) is 1. The maximum absolute atomic E-state index is 5.13. The van der Waals surface area contributed by atoms with Crippen molar-refractivity contribution in [3.8, 4) is 6.07 Å². The lowest BCUT2D eigenvalue weighted by Crippen LogP contribution is -2.43. The molecule has 1 saturated heterocycles. The summed E-state index contributed by atoms with van der Waals surface area (Å²) < 4.78 is 5.13. The molecule has 1 fully saturated rings. The average Bonchev–Trinajstić information content (AvgIpc) is 1.87. The molecule has 9 heavy (non-hydrogen) atoms. The van der Waals surface area contributed by atoms with Gasteiger partial charge in [-0.3, -0.25) is 0 Å². The first-order valence-electron chi connectivity index (χ1n) is 3.38. The summed E-state index contributed by atoms with van der Waals surface area (Å²) in [5, 5.41) is 0. The van der Waals surface area contributed by atoms with Crippen molar-refractivity contribution in [3.63, 3.8) is 0 Å². The van der Waals surface area contributed by atoms with Crippen LogP contribution in [0.1, 0.15) is 12.8 Å². The van der Waals surface area contributed by atoms with Crippen LogP contribution in [0.2, 0.25) is 0 Å². The van der Waals surface area contributed by atoms with Crippen molar-refractivity contribution in [1.29, 1.82) is 0 Å². The molecular formula is C7H10NO+. The van der Waals surface area contributed by atoms with Crippen LogP contribution in [0.5, 0.6) is 0 Å². The fourth-order valence-electron chi connectivity index (χ4n) is 1.32. The van der Waals surface area contributed by atoms with Crippen molar-refractivity contribution >= 4 is 0 Å². The van der Waals surface area contributed by atoms with Gasteiger partial charge < -0.3 is 4.74 Å². The van der Waals surface area contributed by atoms with E-state index in [1.165, 1.54) is 6.42 Å². The quantitative estimate of drug-likeness (QED) is 0.472. The summed E-state index contributed by atoms with van der Waals surface area (Å²) >= 11 is 0. The van der Waals surface area contributed by atoms with Gasteiger partial charge in [-0.05, 0) is 0 Å². The van der Waals surface area contributed by atoms with Crippen LogP contribution in [0.4, 0.5) is 0 Å². The van der Waals surface area contributed by atoms with Crippen molar-refractivity contribution in [2.75, 3.05) is 19.8 Å². The zero-order valence-electron chi connectivity index (χ0n) is 5.39. The number of nitrogens with zero attached hydrogens (tertiary/aromatic N) is 1. The van der Waals surface area contributed by atoms with Gasteiger partial charge in [0.15, 0.2) is 0 Å². The van der Waals surface area contributed by atoms with Crippen molar-refractivity contribution in [3.05, 3.63) is 4.85 Å². The largest absolute Gasteiger partial charge is 0.380 e. The first kappa shape index (κ1) is 5.25. The van der Waals surface area contributed by atoms with Crippen molar-refractivity contribution < 1.29 is 4.74 Å². The molecule has 0 atom stereocenters. The van der Waals surface area contributed by atoms with E-state index in [0.717, 1.165) is 26.2 Å². The third-order valence-electron chi connectivity index (χ3n) is 2.14. The molecule has 0 aromatic carbocycles. The number of hydrogen-bond donors (Lipinski definition) is 0. The molecule has 0 unspecified atom stereocenters. The topological polar surface area (TPSA) is 13.6 Å². The van der Waals surface area contributed by atoms with Gasteiger partial charge in [0, 0.05) is 11.8 Å². The van der Waals surface area contributed by atoms with Gasteiger partial charge in [0.25, 0.3) is 12.6 Å². The number of rotatable bonds is 0. The molecule has 2 heterocycles. The normalized spacial score (nSPS) is 28.4. The van der Waals surface area contributed by atoms with Crippen molar-refractivity contribution in [2.45, 2.75) is 12.8 Å². The van der Waals surface area contributed by atoms with E-state index in [1.807, 2.05) is 0 Å². The predicted molar refractivity (Wildman–Crippen MR) is 34.6 cm³/mol. The maximum atomic E-state index is 5.13. The van der Waals surface area contributed by atoms with Crippen LogP contribution < -0.4 is 0 Å². The van der Waals surface area contributed by atoms with E-state index < -0.39 is 0 Å². The Labute approximate surface area is 54.6 Å². The Morgan fingerprint density at radius 3 is 2.67 bits per heavy atom. The van der Waals surface area contributed by atoms with Gasteiger partial charge in [-0.15, -0.1) is 0 Å². The Morgan fingerprint density at radius 1 is 1.44 bits per heavy atom. The third kappa shape index (κ3) is 0.727. The molecule has 0 aromatic heterocycles. The Balaban J connectivity index is 2.08. The monoisotopic (exact) mass is 124 g/mol. The van der Waals surface area contributed by atoms with Gasteiger partial charge in [-0.2, -0.15) is 0 Å². The Hall–Kier alpha value is -0.550. The first-order valence-corrected chi connectivity index (χ1v) is 3.38. The lowest BCUT2D eigenvalue weighted by atomic mass is 9.79. The summed E-state index contributed by atoms with van der Waals surface area (Å²) in [5.41, 5.74) is 0.474. The van der Waals surface area contributed by atoms with E-state index in [1.54, 1.807) is 0 Å². The molecule has 2 aliphatic rings. The average molecular weight is 124 g/mol. The Bertz CT molecular complexity index is 173. The second-order valence-corrected chi connectivity index (χ2v) is 2.96. The fourth-order valence-corrected chi connectivity index (χ4v) is 1.32. The molecule has 2 heteroatoms. The van der Waals surface area contributed by atoms with E-state index in [9.17, 15) is 0 Å². The zero-order chi connectivity index (χ0) is 6.16. The molecule has 2 nitrogen and oxygen atoms in total. The van der Waals surface area contributed by atoms with Crippen LogP contribution in [0.3, 0.4) is 0 Å². The van der Waals surface area contributed by atoms with Crippen LogP contribution in [0, 0.1) is 11.5 Å². The molecule has 2 rings (SSSR count). The van der Waals surface area contributed by atoms with E-state index >= 15 is 0 Å². The molecule has 0 amide bonds. The zero-order valence-corrected chi connectivity index (χ0v) is 5.39. The standard InChI is InChI=1S/C7H10NO/c1-3-8-4-2-7(1)5-9-6-7/h1-3,5-6H2/q+1.